The van der Waals surface area contributed by atoms with Crippen molar-refractivity contribution in [2.75, 3.05) is 18.0 Å². The molecule has 4 heterocycles. The highest BCUT2D eigenvalue weighted by molar-refractivity contribution is 5.88. The van der Waals surface area contributed by atoms with Crippen LogP contribution in [0.15, 0.2) is 59.8 Å². The maximum absolute atomic E-state index is 13.5. The Labute approximate surface area is 175 Å². The van der Waals surface area contributed by atoms with Crippen LogP contribution in [0.5, 0.6) is 0 Å². The molecule has 1 aromatic carbocycles. The Morgan fingerprint density at radius 2 is 1.67 bits per heavy atom. The van der Waals surface area contributed by atoms with E-state index in [1.165, 1.54) is 16.8 Å². The predicted molar refractivity (Wildman–Crippen MR) is 120 cm³/mol. The van der Waals surface area contributed by atoms with Crippen molar-refractivity contribution in [3.05, 3.63) is 76.7 Å². The third-order valence-corrected chi connectivity index (χ3v) is 6.00. The van der Waals surface area contributed by atoms with Gasteiger partial charge in [-0.3, -0.25) is 9.78 Å². The molecular formula is C24H25N5O. The van der Waals surface area contributed by atoms with Gasteiger partial charge in [0.2, 0.25) is 0 Å². The number of fused-ring (bicyclic) bond motifs is 1. The molecule has 0 saturated carbocycles. The van der Waals surface area contributed by atoms with Crippen LogP contribution < -0.4 is 10.5 Å². The Morgan fingerprint density at radius 3 is 2.33 bits per heavy atom. The molecule has 1 aliphatic heterocycles. The van der Waals surface area contributed by atoms with Crippen LogP contribution in [0.3, 0.4) is 0 Å². The molecule has 1 fully saturated rings. The molecule has 0 amide bonds. The van der Waals surface area contributed by atoms with Crippen LogP contribution in [-0.4, -0.2) is 32.4 Å². The van der Waals surface area contributed by atoms with Crippen LogP contribution in [-0.2, 0) is 12.8 Å². The molecule has 5 rings (SSSR count). The molecule has 6 nitrogen and oxygen atoms in total. The lowest BCUT2D eigenvalue weighted by Gasteiger charge is -2.33. The Balaban J connectivity index is 1.77. The molecular weight excluding hydrogens is 374 g/mol. The monoisotopic (exact) mass is 399 g/mol. The normalized spacial score (nSPS) is 13.6. The van der Waals surface area contributed by atoms with Gasteiger partial charge in [-0.1, -0.05) is 19.9 Å². The fourth-order valence-electron chi connectivity index (χ4n) is 4.41. The quantitative estimate of drug-likeness (QED) is 0.511. The van der Waals surface area contributed by atoms with Gasteiger partial charge in [-0.05, 0) is 49.6 Å². The lowest BCUT2D eigenvalue weighted by molar-refractivity contribution is 0.617. The Morgan fingerprint density at radius 1 is 0.933 bits per heavy atom. The van der Waals surface area contributed by atoms with Crippen LogP contribution in [0, 0.1) is 0 Å². The van der Waals surface area contributed by atoms with E-state index >= 15 is 0 Å². The largest absolute Gasteiger partial charge is 0.371 e. The summed E-state index contributed by atoms with van der Waals surface area (Å²) < 4.78 is 3.75. The van der Waals surface area contributed by atoms with Gasteiger partial charge in [0.15, 0.2) is 0 Å². The minimum absolute atomic E-state index is 0.0807. The van der Waals surface area contributed by atoms with E-state index in [1.807, 2.05) is 6.20 Å². The van der Waals surface area contributed by atoms with Gasteiger partial charge in [0, 0.05) is 53.6 Å². The maximum Gasteiger partial charge on any atom is 0.281 e. The second-order valence-electron chi connectivity index (χ2n) is 7.65. The Bertz CT molecular complexity index is 1270. The second kappa shape index (κ2) is 7.44. The number of nitrogens with zero attached hydrogens (tertiary/aromatic N) is 5. The average molecular weight is 399 g/mol. The zero-order valence-corrected chi connectivity index (χ0v) is 17.4. The second-order valence-corrected chi connectivity index (χ2v) is 7.65. The van der Waals surface area contributed by atoms with Crippen LogP contribution in [0.25, 0.3) is 22.1 Å². The molecule has 0 unspecified atom stereocenters. The first kappa shape index (κ1) is 18.6. The lowest BCUT2D eigenvalue weighted by atomic mass is 10.1. The standard InChI is InChI=1S/C24H25N5O/c1-3-21-20-16-26-29(17-9-11-25-12-10-17)24(30)23(20)22(4-2)28(21)19-8-5-7-18(15-19)27-13-6-14-27/h5,7-12,15-16H,3-4,6,13-14H2,1-2H3. The molecule has 152 valence electrons. The third-order valence-electron chi connectivity index (χ3n) is 6.00. The van der Waals surface area contributed by atoms with E-state index in [4.69, 9.17) is 0 Å². The number of benzene rings is 1. The van der Waals surface area contributed by atoms with Crippen molar-refractivity contribution < 1.29 is 0 Å². The highest BCUT2D eigenvalue weighted by Crippen LogP contribution is 2.31. The molecule has 0 N–H and O–H groups in total. The summed E-state index contributed by atoms with van der Waals surface area (Å²) in [5.41, 5.74) is 5.17. The maximum atomic E-state index is 13.5. The van der Waals surface area contributed by atoms with E-state index < -0.39 is 0 Å². The SMILES string of the molecule is CCc1c2cnn(-c3ccncc3)c(=O)c2c(CC)n1-c1cccc(N2CCC2)c1. The van der Waals surface area contributed by atoms with Crippen molar-refractivity contribution in [2.24, 2.45) is 0 Å². The van der Waals surface area contributed by atoms with Crippen molar-refractivity contribution in [1.29, 1.82) is 0 Å². The number of aryl methyl sites for hydroxylation is 2. The number of hydrogen-bond acceptors (Lipinski definition) is 4. The van der Waals surface area contributed by atoms with Crippen molar-refractivity contribution in [1.82, 2.24) is 19.3 Å². The van der Waals surface area contributed by atoms with E-state index in [1.54, 1.807) is 24.5 Å². The number of aromatic nitrogens is 4. The van der Waals surface area contributed by atoms with Crippen molar-refractivity contribution in [2.45, 2.75) is 33.1 Å². The van der Waals surface area contributed by atoms with Gasteiger partial charge in [0.05, 0.1) is 17.3 Å². The highest BCUT2D eigenvalue weighted by Gasteiger charge is 2.22. The van der Waals surface area contributed by atoms with Crippen LogP contribution in [0.2, 0.25) is 0 Å². The summed E-state index contributed by atoms with van der Waals surface area (Å²) in [5.74, 6) is 0. The minimum atomic E-state index is -0.0807. The van der Waals surface area contributed by atoms with Gasteiger partial charge in [0.1, 0.15) is 0 Å². The van der Waals surface area contributed by atoms with Crippen molar-refractivity contribution in [3.63, 3.8) is 0 Å². The predicted octanol–water partition coefficient (Wildman–Crippen LogP) is 3.91. The van der Waals surface area contributed by atoms with E-state index in [9.17, 15) is 4.79 Å². The number of pyridine rings is 1. The van der Waals surface area contributed by atoms with Gasteiger partial charge < -0.3 is 9.47 Å². The summed E-state index contributed by atoms with van der Waals surface area (Å²) in [4.78, 5) is 20.0. The fraction of sp³-hybridized carbons (Fsp3) is 0.292. The molecule has 4 aromatic rings. The zero-order chi connectivity index (χ0) is 20.7. The molecule has 6 heteroatoms. The highest BCUT2D eigenvalue weighted by atomic mass is 16.1. The van der Waals surface area contributed by atoms with Crippen molar-refractivity contribution >= 4 is 16.5 Å². The van der Waals surface area contributed by atoms with Crippen molar-refractivity contribution in [3.8, 4) is 11.4 Å². The minimum Gasteiger partial charge on any atom is -0.371 e. The smallest absolute Gasteiger partial charge is 0.281 e. The van der Waals surface area contributed by atoms with Crippen LogP contribution >= 0.6 is 0 Å². The molecule has 0 aliphatic carbocycles. The molecule has 0 radical (unpaired) electrons. The van der Waals surface area contributed by atoms with Gasteiger partial charge in [-0.15, -0.1) is 0 Å². The first-order chi connectivity index (χ1) is 14.7. The van der Waals surface area contributed by atoms with Crippen LogP contribution in [0.1, 0.15) is 31.7 Å². The van der Waals surface area contributed by atoms with Gasteiger partial charge >= 0.3 is 0 Å². The topological polar surface area (TPSA) is 56.0 Å². The number of anilines is 1. The summed E-state index contributed by atoms with van der Waals surface area (Å²) in [7, 11) is 0. The molecule has 30 heavy (non-hydrogen) atoms. The summed E-state index contributed by atoms with van der Waals surface area (Å²) in [5, 5.41) is 6.19. The molecule has 0 atom stereocenters. The fourth-order valence-corrected chi connectivity index (χ4v) is 4.41. The summed E-state index contributed by atoms with van der Waals surface area (Å²) >= 11 is 0. The average Bonchev–Trinajstić information content (AvgIpc) is 3.08. The van der Waals surface area contributed by atoms with Gasteiger partial charge in [0.25, 0.3) is 5.56 Å². The Hall–Kier alpha value is -3.41. The molecule has 3 aromatic heterocycles. The third kappa shape index (κ3) is 2.83. The molecule has 0 bridgehead atoms. The number of rotatable bonds is 5. The van der Waals surface area contributed by atoms with E-state index in [2.05, 4.69) is 57.7 Å². The lowest BCUT2D eigenvalue weighted by Crippen LogP contribution is -2.36. The van der Waals surface area contributed by atoms with Gasteiger partial charge in [-0.25, -0.2) is 0 Å². The van der Waals surface area contributed by atoms with E-state index in [-0.39, 0.29) is 5.56 Å². The van der Waals surface area contributed by atoms with Gasteiger partial charge in [-0.2, -0.15) is 9.78 Å². The number of hydrogen-bond donors (Lipinski definition) is 0. The molecule has 1 aliphatic rings. The molecule has 1 saturated heterocycles. The van der Waals surface area contributed by atoms with E-state index in [0.29, 0.717) is 0 Å². The van der Waals surface area contributed by atoms with E-state index in [0.717, 1.165) is 59.5 Å². The zero-order valence-electron chi connectivity index (χ0n) is 17.4. The molecule has 0 spiro atoms. The first-order valence-corrected chi connectivity index (χ1v) is 10.6. The summed E-state index contributed by atoms with van der Waals surface area (Å²) in [6, 6.07) is 12.3. The summed E-state index contributed by atoms with van der Waals surface area (Å²) in [6.45, 7) is 6.47. The summed E-state index contributed by atoms with van der Waals surface area (Å²) in [6.07, 6.45) is 8.03. The Kier molecular flexibility index (Phi) is 4.62. The first-order valence-electron chi connectivity index (χ1n) is 10.6. The van der Waals surface area contributed by atoms with Crippen LogP contribution in [0.4, 0.5) is 5.69 Å².